The molecule has 0 bridgehead atoms. The number of nitrogens with one attached hydrogen (secondary N) is 2. The van der Waals surface area contributed by atoms with E-state index >= 15 is 0 Å². The summed E-state index contributed by atoms with van der Waals surface area (Å²) >= 11 is 6.20. The first kappa shape index (κ1) is 18.3. The highest BCUT2D eigenvalue weighted by molar-refractivity contribution is 6.31. The second-order valence-corrected chi connectivity index (χ2v) is 6.65. The zero-order valence-electron chi connectivity index (χ0n) is 15.1. The van der Waals surface area contributed by atoms with E-state index in [4.69, 9.17) is 11.6 Å². The molecule has 0 amide bonds. The molecule has 0 unspecified atom stereocenters. The standard InChI is InChI=1S/C21H25ClN4/c1-23-21(24-12-11-18-8-2-3-10-20(18)22)25-16-17-7-6-9-19(15-17)26-13-4-5-14-26/h2-10,15H,11-14,16H2,1H3,(H2,23,24,25). The van der Waals surface area contributed by atoms with Crippen molar-refractivity contribution in [2.24, 2.45) is 4.99 Å². The van der Waals surface area contributed by atoms with E-state index in [1.807, 2.05) is 18.2 Å². The van der Waals surface area contributed by atoms with Crippen LogP contribution in [0.15, 0.2) is 65.7 Å². The molecule has 0 fully saturated rings. The summed E-state index contributed by atoms with van der Waals surface area (Å²) in [6.07, 6.45) is 5.27. The molecule has 1 heterocycles. The maximum atomic E-state index is 6.20. The lowest BCUT2D eigenvalue weighted by Crippen LogP contribution is -2.37. The largest absolute Gasteiger partial charge is 0.364 e. The van der Waals surface area contributed by atoms with Gasteiger partial charge in [0.2, 0.25) is 0 Å². The summed E-state index contributed by atoms with van der Waals surface area (Å²) in [6.45, 7) is 3.49. The van der Waals surface area contributed by atoms with Crippen LogP contribution < -0.4 is 15.5 Å². The van der Waals surface area contributed by atoms with Crippen LogP contribution in [0.1, 0.15) is 11.1 Å². The normalized spacial score (nSPS) is 13.9. The Morgan fingerprint density at radius 3 is 2.65 bits per heavy atom. The van der Waals surface area contributed by atoms with Crippen LogP contribution in [0.25, 0.3) is 0 Å². The summed E-state index contributed by atoms with van der Waals surface area (Å²) in [5, 5.41) is 7.53. The number of rotatable bonds is 6. The Morgan fingerprint density at radius 1 is 1.08 bits per heavy atom. The van der Waals surface area contributed by atoms with Crippen LogP contribution in [0.2, 0.25) is 5.02 Å². The first-order valence-corrected chi connectivity index (χ1v) is 9.31. The molecule has 0 aliphatic carbocycles. The van der Waals surface area contributed by atoms with Crippen molar-refractivity contribution in [2.45, 2.75) is 13.0 Å². The number of benzene rings is 2. The third-order valence-electron chi connectivity index (χ3n) is 4.42. The van der Waals surface area contributed by atoms with Crippen LogP contribution in [-0.4, -0.2) is 32.6 Å². The van der Waals surface area contributed by atoms with Gasteiger partial charge in [-0.15, -0.1) is 0 Å². The van der Waals surface area contributed by atoms with Gasteiger partial charge in [0.25, 0.3) is 0 Å². The van der Waals surface area contributed by atoms with Crippen molar-refractivity contribution in [3.05, 3.63) is 76.8 Å². The van der Waals surface area contributed by atoms with Crippen LogP contribution in [0.3, 0.4) is 0 Å². The Hall–Kier alpha value is -2.46. The fourth-order valence-corrected chi connectivity index (χ4v) is 3.21. The van der Waals surface area contributed by atoms with Gasteiger partial charge < -0.3 is 15.5 Å². The molecule has 2 aromatic rings. The molecule has 0 aromatic heterocycles. The Bertz CT molecular complexity index is 777. The highest BCUT2D eigenvalue weighted by Gasteiger charge is 2.08. The lowest BCUT2D eigenvalue weighted by molar-refractivity contribution is 0.794. The van der Waals surface area contributed by atoms with E-state index in [1.165, 1.54) is 11.3 Å². The molecule has 0 saturated carbocycles. The lowest BCUT2D eigenvalue weighted by Gasteiger charge is -2.19. The molecule has 0 spiro atoms. The Morgan fingerprint density at radius 2 is 1.88 bits per heavy atom. The molecule has 0 saturated heterocycles. The fourth-order valence-electron chi connectivity index (χ4n) is 2.98. The highest BCUT2D eigenvalue weighted by atomic mass is 35.5. The predicted molar refractivity (Wildman–Crippen MR) is 111 cm³/mol. The molecule has 3 rings (SSSR count). The van der Waals surface area contributed by atoms with Gasteiger partial charge >= 0.3 is 0 Å². The third kappa shape index (κ3) is 5.02. The quantitative estimate of drug-likeness (QED) is 0.464. The molecular formula is C21H25ClN4. The topological polar surface area (TPSA) is 39.7 Å². The van der Waals surface area contributed by atoms with Crippen LogP contribution in [0.5, 0.6) is 0 Å². The van der Waals surface area contributed by atoms with E-state index < -0.39 is 0 Å². The van der Waals surface area contributed by atoms with Crippen molar-refractivity contribution in [2.75, 3.05) is 31.6 Å². The minimum absolute atomic E-state index is 0.737. The number of nitrogens with zero attached hydrogens (tertiary/aromatic N) is 2. The van der Waals surface area contributed by atoms with E-state index in [-0.39, 0.29) is 0 Å². The molecule has 2 aromatic carbocycles. The minimum atomic E-state index is 0.737. The molecule has 1 aliphatic rings. The van der Waals surface area contributed by atoms with Crippen molar-refractivity contribution in [1.82, 2.24) is 10.6 Å². The summed E-state index contributed by atoms with van der Waals surface area (Å²) < 4.78 is 0. The Labute approximate surface area is 160 Å². The monoisotopic (exact) mass is 368 g/mol. The first-order valence-electron chi connectivity index (χ1n) is 8.93. The van der Waals surface area contributed by atoms with Crippen molar-refractivity contribution in [3.8, 4) is 0 Å². The van der Waals surface area contributed by atoms with Crippen LogP contribution in [0.4, 0.5) is 5.69 Å². The maximum Gasteiger partial charge on any atom is 0.191 e. The summed E-state index contributed by atoms with van der Waals surface area (Å²) in [5.74, 6) is 0.797. The SMILES string of the molecule is CN=C(NCCc1ccccc1Cl)NCc1cccc(N2CC=CC2)c1. The summed E-state index contributed by atoms with van der Waals surface area (Å²) in [7, 11) is 1.79. The van der Waals surface area contributed by atoms with Gasteiger partial charge in [-0.25, -0.2) is 0 Å². The average Bonchev–Trinajstić information content (AvgIpc) is 3.21. The van der Waals surface area contributed by atoms with Gasteiger partial charge in [0.1, 0.15) is 0 Å². The molecule has 5 heteroatoms. The van der Waals surface area contributed by atoms with Crippen molar-refractivity contribution in [1.29, 1.82) is 0 Å². The fraction of sp³-hybridized carbons (Fsp3) is 0.286. The molecule has 26 heavy (non-hydrogen) atoms. The summed E-state index contributed by atoms with van der Waals surface area (Å²) in [4.78, 5) is 6.65. The zero-order chi connectivity index (χ0) is 18.2. The summed E-state index contributed by atoms with van der Waals surface area (Å²) in [5.41, 5.74) is 3.64. The highest BCUT2D eigenvalue weighted by Crippen LogP contribution is 2.18. The molecule has 0 radical (unpaired) electrons. The van der Waals surface area contributed by atoms with Crippen LogP contribution >= 0.6 is 11.6 Å². The van der Waals surface area contributed by atoms with Gasteiger partial charge in [0, 0.05) is 43.9 Å². The molecule has 0 atom stereocenters. The number of hydrogen-bond donors (Lipinski definition) is 2. The molecular weight excluding hydrogens is 344 g/mol. The van der Waals surface area contributed by atoms with Gasteiger partial charge in [-0.2, -0.15) is 0 Å². The number of aliphatic imine (C=N–C) groups is 1. The van der Waals surface area contributed by atoms with E-state index in [1.54, 1.807) is 7.05 Å². The molecule has 4 nitrogen and oxygen atoms in total. The molecule has 2 N–H and O–H groups in total. The molecule has 1 aliphatic heterocycles. The Balaban J connectivity index is 1.48. The van der Waals surface area contributed by atoms with Gasteiger partial charge in [0.05, 0.1) is 0 Å². The van der Waals surface area contributed by atoms with E-state index in [0.29, 0.717) is 0 Å². The van der Waals surface area contributed by atoms with Crippen molar-refractivity contribution >= 4 is 23.2 Å². The second-order valence-electron chi connectivity index (χ2n) is 6.24. The number of halogens is 1. The van der Waals surface area contributed by atoms with Crippen molar-refractivity contribution in [3.63, 3.8) is 0 Å². The number of anilines is 1. The number of hydrogen-bond acceptors (Lipinski definition) is 2. The predicted octanol–water partition coefficient (Wildman–Crippen LogP) is 3.62. The minimum Gasteiger partial charge on any atom is -0.364 e. The Kier molecular flexibility index (Phi) is 6.56. The second kappa shape index (κ2) is 9.30. The average molecular weight is 369 g/mol. The lowest BCUT2D eigenvalue weighted by atomic mass is 10.1. The van der Waals surface area contributed by atoms with Gasteiger partial charge in [0.15, 0.2) is 5.96 Å². The zero-order valence-corrected chi connectivity index (χ0v) is 15.8. The van der Waals surface area contributed by atoms with E-state index in [0.717, 1.165) is 49.1 Å². The van der Waals surface area contributed by atoms with Gasteiger partial charge in [-0.05, 0) is 35.7 Å². The first-order chi connectivity index (χ1) is 12.8. The van der Waals surface area contributed by atoms with Gasteiger partial charge in [-0.3, -0.25) is 4.99 Å². The number of guanidine groups is 1. The van der Waals surface area contributed by atoms with Crippen LogP contribution in [-0.2, 0) is 13.0 Å². The maximum absolute atomic E-state index is 6.20. The van der Waals surface area contributed by atoms with E-state index in [2.05, 4.69) is 63.0 Å². The molecule has 136 valence electrons. The van der Waals surface area contributed by atoms with Gasteiger partial charge in [-0.1, -0.05) is 54.1 Å². The van der Waals surface area contributed by atoms with Crippen molar-refractivity contribution < 1.29 is 0 Å². The third-order valence-corrected chi connectivity index (χ3v) is 4.79. The smallest absolute Gasteiger partial charge is 0.191 e. The van der Waals surface area contributed by atoms with E-state index in [9.17, 15) is 0 Å². The van der Waals surface area contributed by atoms with Crippen LogP contribution in [0, 0.1) is 0 Å². The summed E-state index contributed by atoms with van der Waals surface area (Å²) in [6, 6.07) is 16.6.